The molecule has 1 fully saturated rings. The van der Waals surface area contributed by atoms with Crippen LogP contribution in [0.3, 0.4) is 0 Å². The Morgan fingerprint density at radius 3 is 2.81 bits per heavy atom. The molecule has 0 bridgehead atoms. The smallest absolute Gasteiger partial charge is 0.327 e. The molecule has 2 atom stereocenters. The van der Waals surface area contributed by atoms with Gasteiger partial charge in [0.25, 0.3) is 0 Å². The number of amides is 2. The fourth-order valence-electron chi connectivity index (χ4n) is 2.26. The number of carbonyl (C=O) groups is 2. The number of thioether (sulfide) groups is 1. The Balaban J connectivity index is 2.21. The van der Waals surface area contributed by atoms with Crippen molar-refractivity contribution in [1.82, 2.24) is 9.88 Å². The van der Waals surface area contributed by atoms with E-state index in [9.17, 15) is 14.7 Å². The third-order valence-electron chi connectivity index (χ3n) is 3.41. The van der Waals surface area contributed by atoms with Crippen LogP contribution in [0.25, 0.3) is 0 Å². The van der Waals surface area contributed by atoms with Crippen molar-refractivity contribution in [3.05, 3.63) is 24.0 Å². The monoisotopic (exact) mass is 309 g/mol. The summed E-state index contributed by atoms with van der Waals surface area (Å²) in [5.74, 6) is -0.374. The van der Waals surface area contributed by atoms with Crippen molar-refractivity contribution < 1.29 is 14.7 Å². The first-order valence-corrected chi connectivity index (χ1v) is 7.81. The number of hydrogen-bond donors (Lipinski definition) is 2. The minimum Gasteiger partial charge on any atom is -0.480 e. The highest BCUT2D eigenvalue weighted by molar-refractivity contribution is 8.00. The van der Waals surface area contributed by atoms with Crippen LogP contribution >= 0.6 is 11.8 Å². The highest BCUT2D eigenvalue weighted by Crippen LogP contribution is 2.34. The lowest BCUT2D eigenvalue weighted by molar-refractivity contribution is -0.141. The van der Waals surface area contributed by atoms with Crippen LogP contribution in [0.4, 0.5) is 10.5 Å². The topological polar surface area (TPSA) is 82.5 Å². The number of carboxylic acid groups (broad SMARTS) is 1. The SMILES string of the molecule is Cc1ccncc1NC(=O)N1C(C(=O)O)CSC1C(C)C. The van der Waals surface area contributed by atoms with Gasteiger partial charge in [0.1, 0.15) is 6.04 Å². The van der Waals surface area contributed by atoms with Gasteiger partial charge in [-0.25, -0.2) is 9.59 Å². The lowest BCUT2D eigenvalue weighted by Crippen LogP contribution is -2.49. The van der Waals surface area contributed by atoms with Crippen LogP contribution in [0, 0.1) is 12.8 Å². The Bertz CT molecular complexity index is 550. The summed E-state index contributed by atoms with van der Waals surface area (Å²) in [4.78, 5) is 29.3. The van der Waals surface area contributed by atoms with Gasteiger partial charge in [-0.1, -0.05) is 13.8 Å². The fraction of sp³-hybridized carbons (Fsp3) is 0.500. The Labute approximate surface area is 127 Å². The third-order valence-corrected chi connectivity index (χ3v) is 5.03. The number of aliphatic carboxylic acids is 1. The number of nitrogens with zero attached hydrogens (tertiary/aromatic N) is 2. The van der Waals surface area contributed by atoms with E-state index < -0.39 is 12.0 Å². The number of anilines is 1. The molecule has 0 saturated carbocycles. The van der Waals surface area contributed by atoms with Crippen molar-refractivity contribution in [2.45, 2.75) is 32.2 Å². The van der Waals surface area contributed by atoms with E-state index in [0.717, 1.165) is 5.56 Å². The van der Waals surface area contributed by atoms with Crippen LogP contribution < -0.4 is 5.32 Å². The average molecular weight is 309 g/mol. The van der Waals surface area contributed by atoms with Gasteiger partial charge < -0.3 is 10.4 Å². The van der Waals surface area contributed by atoms with Crippen molar-refractivity contribution in [3.8, 4) is 0 Å². The zero-order valence-electron chi connectivity index (χ0n) is 12.2. The van der Waals surface area contributed by atoms with Gasteiger partial charge in [-0.3, -0.25) is 9.88 Å². The fourth-order valence-corrected chi connectivity index (χ4v) is 3.73. The summed E-state index contributed by atoms with van der Waals surface area (Å²) in [6.45, 7) is 5.83. The van der Waals surface area contributed by atoms with E-state index in [0.29, 0.717) is 11.4 Å². The number of hydrogen-bond acceptors (Lipinski definition) is 4. The van der Waals surface area contributed by atoms with Gasteiger partial charge in [0.15, 0.2) is 0 Å². The van der Waals surface area contributed by atoms with Gasteiger partial charge >= 0.3 is 12.0 Å². The third kappa shape index (κ3) is 3.29. The normalized spacial score (nSPS) is 21.6. The van der Waals surface area contributed by atoms with E-state index in [1.54, 1.807) is 18.5 Å². The minimum atomic E-state index is -0.969. The lowest BCUT2D eigenvalue weighted by Gasteiger charge is -2.29. The van der Waals surface area contributed by atoms with E-state index >= 15 is 0 Å². The van der Waals surface area contributed by atoms with Crippen molar-refractivity contribution in [2.24, 2.45) is 5.92 Å². The molecule has 1 aromatic rings. The van der Waals surface area contributed by atoms with Crippen LogP contribution in [-0.4, -0.2) is 44.2 Å². The zero-order valence-corrected chi connectivity index (χ0v) is 13.1. The summed E-state index contributed by atoms with van der Waals surface area (Å²) < 4.78 is 0. The number of nitrogens with one attached hydrogen (secondary N) is 1. The Hall–Kier alpha value is -1.76. The molecule has 7 heteroatoms. The summed E-state index contributed by atoms with van der Waals surface area (Å²) in [5.41, 5.74) is 1.49. The Morgan fingerprint density at radius 2 is 2.24 bits per heavy atom. The average Bonchev–Trinajstić information content (AvgIpc) is 2.86. The predicted octanol–water partition coefficient (Wildman–Crippen LogP) is 2.41. The molecule has 2 rings (SSSR count). The number of rotatable bonds is 3. The number of aryl methyl sites for hydroxylation is 1. The summed E-state index contributed by atoms with van der Waals surface area (Å²) >= 11 is 1.51. The van der Waals surface area contributed by atoms with E-state index in [1.807, 2.05) is 20.8 Å². The van der Waals surface area contributed by atoms with E-state index in [4.69, 9.17) is 0 Å². The first-order valence-electron chi connectivity index (χ1n) is 6.76. The van der Waals surface area contributed by atoms with Crippen molar-refractivity contribution in [2.75, 3.05) is 11.1 Å². The summed E-state index contributed by atoms with van der Waals surface area (Å²) in [6.07, 6.45) is 3.21. The van der Waals surface area contributed by atoms with Gasteiger partial charge in [-0.15, -0.1) is 11.8 Å². The van der Waals surface area contributed by atoms with Gasteiger partial charge in [0, 0.05) is 11.9 Å². The molecule has 6 nitrogen and oxygen atoms in total. The molecule has 2 heterocycles. The van der Waals surface area contributed by atoms with Crippen molar-refractivity contribution >= 4 is 29.4 Å². The number of carbonyl (C=O) groups excluding carboxylic acids is 1. The molecule has 0 spiro atoms. The lowest BCUT2D eigenvalue weighted by atomic mass is 10.1. The second kappa shape index (κ2) is 6.34. The summed E-state index contributed by atoms with van der Waals surface area (Å²) in [5, 5.41) is 11.9. The van der Waals surface area contributed by atoms with Crippen molar-refractivity contribution in [3.63, 3.8) is 0 Å². The summed E-state index contributed by atoms with van der Waals surface area (Å²) in [6, 6.07) is 0.616. The maximum atomic E-state index is 12.5. The first-order chi connectivity index (χ1) is 9.91. The zero-order chi connectivity index (χ0) is 15.6. The van der Waals surface area contributed by atoms with Gasteiger partial charge in [0.05, 0.1) is 17.3 Å². The Kier molecular flexibility index (Phi) is 4.72. The number of aromatic nitrogens is 1. The van der Waals surface area contributed by atoms with Gasteiger partial charge in [0.2, 0.25) is 0 Å². The predicted molar refractivity (Wildman–Crippen MR) is 82.3 cm³/mol. The molecule has 2 N–H and O–H groups in total. The van der Waals surface area contributed by atoms with Crippen LogP contribution in [-0.2, 0) is 4.79 Å². The number of urea groups is 1. The first kappa shape index (κ1) is 15.6. The molecule has 0 radical (unpaired) electrons. The number of carboxylic acids is 1. The molecule has 2 unspecified atom stereocenters. The van der Waals surface area contributed by atoms with Gasteiger partial charge in [-0.2, -0.15) is 0 Å². The quantitative estimate of drug-likeness (QED) is 0.896. The molecule has 1 aromatic heterocycles. The summed E-state index contributed by atoms with van der Waals surface area (Å²) in [7, 11) is 0. The second-order valence-corrected chi connectivity index (χ2v) is 6.50. The number of pyridine rings is 1. The molecular formula is C14H19N3O3S. The maximum Gasteiger partial charge on any atom is 0.327 e. The van der Waals surface area contributed by atoms with E-state index in [2.05, 4.69) is 10.3 Å². The van der Waals surface area contributed by atoms with E-state index in [-0.39, 0.29) is 17.3 Å². The molecule has 0 aromatic carbocycles. The van der Waals surface area contributed by atoms with Crippen LogP contribution in [0.2, 0.25) is 0 Å². The van der Waals surface area contributed by atoms with Crippen LogP contribution in [0.5, 0.6) is 0 Å². The minimum absolute atomic E-state index is 0.136. The molecule has 1 saturated heterocycles. The molecule has 114 valence electrons. The largest absolute Gasteiger partial charge is 0.480 e. The highest BCUT2D eigenvalue weighted by atomic mass is 32.2. The molecule has 2 amide bonds. The molecule has 21 heavy (non-hydrogen) atoms. The molecule has 1 aliphatic rings. The van der Waals surface area contributed by atoms with E-state index in [1.165, 1.54) is 16.7 Å². The molecular weight excluding hydrogens is 290 g/mol. The van der Waals surface area contributed by atoms with Crippen molar-refractivity contribution in [1.29, 1.82) is 0 Å². The standard InChI is InChI=1S/C14H19N3O3S/c1-8(2)12-17(11(7-21-12)13(18)19)14(20)16-10-6-15-5-4-9(10)3/h4-6,8,11-12H,7H2,1-3H3,(H,16,20)(H,18,19). The van der Waals surface area contributed by atoms with Crippen LogP contribution in [0.1, 0.15) is 19.4 Å². The highest BCUT2D eigenvalue weighted by Gasteiger charge is 2.43. The second-order valence-electron chi connectivity index (χ2n) is 5.35. The Morgan fingerprint density at radius 1 is 1.52 bits per heavy atom. The molecule has 0 aliphatic carbocycles. The van der Waals surface area contributed by atoms with Crippen LogP contribution in [0.15, 0.2) is 18.5 Å². The van der Waals surface area contributed by atoms with Gasteiger partial charge in [-0.05, 0) is 24.5 Å². The maximum absolute atomic E-state index is 12.5. The molecule has 1 aliphatic heterocycles.